The van der Waals surface area contributed by atoms with Gasteiger partial charge in [-0.2, -0.15) is 34.4 Å². The van der Waals surface area contributed by atoms with Gasteiger partial charge in [0.2, 0.25) is 0 Å². The van der Waals surface area contributed by atoms with Gasteiger partial charge in [-0.1, -0.05) is 119 Å². The van der Waals surface area contributed by atoms with Gasteiger partial charge in [-0.3, -0.25) is 0 Å². The van der Waals surface area contributed by atoms with Gasteiger partial charge in [0.05, 0.1) is 0 Å². The van der Waals surface area contributed by atoms with Gasteiger partial charge >= 0.3 is 22.4 Å². The van der Waals surface area contributed by atoms with Gasteiger partial charge in [-0.05, 0) is 23.8 Å². The van der Waals surface area contributed by atoms with Crippen molar-refractivity contribution in [1.82, 2.24) is 0 Å². The van der Waals surface area contributed by atoms with E-state index in [-0.39, 0.29) is 22.4 Å². The van der Waals surface area contributed by atoms with E-state index < -0.39 is 7.92 Å². The van der Waals surface area contributed by atoms with Crippen LogP contribution in [-0.2, 0) is 22.4 Å². The first-order chi connectivity index (χ1) is 14.1. The third-order valence-electron chi connectivity index (χ3n) is 5.03. The van der Waals surface area contributed by atoms with Crippen LogP contribution in [0.25, 0.3) is 0 Å². The Labute approximate surface area is 198 Å². The summed E-state index contributed by atoms with van der Waals surface area (Å²) >= 11 is 0. The molecular weight excluding hydrogens is 564 g/mol. The first-order valence-corrected chi connectivity index (χ1v) is 11.3. The Morgan fingerprint density at radius 2 is 0.800 bits per heavy atom. The van der Waals surface area contributed by atoms with E-state index in [1.165, 1.54) is 38.2 Å². The van der Waals surface area contributed by atoms with E-state index >= 15 is 0 Å². The molecule has 0 heterocycles. The van der Waals surface area contributed by atoms with E-state index in [1.807, 2.05) is 0 Å². The molecule has 156 valence electrons. The molecule has 0 N–H and O–H groups in total. The van der Waals surface area contributed by atoms with Gasteiger partial charge in [0.1, 0.15) is 0 Å². The van der Waals surface area contributed by atoms with E-state index in [0.717, 1.165) is 0 Å². The summed E-state index contributed by atoms with van der Waals surface area (Å²) in [7, 11) is -0.446. The summed E-state index contributed by atoms with van der Waals surface area (Å²) < 4.78 is 0. The smallest absolute Gasteiger partial charge is 0.177 e. The van der Waals surface area contributed by atoms with Crippen LogP contribution in [0.1, 0.15) is 22.3 Å². The molecule has 0 aliphatic heterocycles. The topological polar surface area (TPSA) is 0 Å². The minimum absolute atomic E-state index is 0. The van der Waals surface area contributed by atoms with Crippen molar-refractivity contribution < 1.29 is 22.4 Å². The normalized spacial score (nSPS) is 10.0. The monoisotopic (exact) mass is 592 g/mol. The third kappa shape index (κ3) is 6.53. The molecular formula is C28H28AuP. The number of benzene rings is 4. The van der Waals surface area contributed by atoms with Crippen molar-refractivity contribution in [3.05, 3.63) is 125 Å². The van der Waals surface area contributed by atoms with Gasteiger partial charge in [-0.15, -0.1) is 0 Å². The second kappa shape index (κ2) is 12.0. The fourth-order valence-corrected chi connectivity index (χ4v) is 5.50. The standard InChI is InChI=1S/C18H15P.C10H13.Au/c1-4-10-16(11-5-1)19(17-12-6-2-7-13-17)18-14-8-3-9-15-18;1-7-5-9(3)10(4)6-8(7)2;/h1-15H;5H,1-4H3;/q;-1;+1. The molecule has 0 aliphatic carbocycles. The van der Waals surface area contributed by atoms with Gasteiger partial charge in [0, 0.05) is 0 Å². The Balaban J connectivity index is 0.000000249. The SMILES string of the molecule is Cc1[c-]c(C)c(C)cc1C.[Au+].c1ccc(P(c2ccccc2)c2ccccc2)cc1. The Morgan fingerprint density at radius 3 is 1.07 bits per heavy atom. The number of aryl methyl sites for hydroxylation is 4. The van der Waals surface area contributed by atoms with Crippen LogP contribution < -0.4 is 15.9 Å². The third-order valence-corrected chi connectivity index (χ3v) is 7.48. The molecule has 0 amide bonds. The van der Waals surface area contributed by atoms with E-state index in [2.05, 4.69) is 131 Å². The van der Waals surface area contributed by atoms with Gasteiger partial charge in [0.15, 0.2) is 0 Å². The molecule has 30 heavy (non-hydrogen) atoms. The van der Waals surface area contributed by atoms with Crippen LogP contribution >= 0.6 is 7.92 Å². The van der Waals surface area contributed by atoms with E-state index in [9.17, 15) is 0 Å². The van der Waals surface area contributed by atoms with Crippen LogP contribution in [0.2, 0.25) is 0 Å². The molecule has 0 saturated carbocycles. The summed E-state index contributed by atoms with van der Waals surface area (Å²) in [5, 5.41) is 4.19. The molecule has 0 unspecified atom stereocenters. The molecule has 0 fully saturated rings. The van der Waals surface area contributed by atoms with Crippen molar-refractivity contribution in [2.24, 2.45) is 0 Å². The van der Waals surface area contributed by atoms with Crippen LogP contribution in [-0.4, -0.2) is 0 Å². The maximum absolute atomic E-state index is 3.31. The second-order valence-electron chi connectivity index (χ2n) is 7.23. The molecule has 0 saturated heterocycles. The zero-order valence-electron chi connectivity index (χ0n) is 18.0. The van der Waals surface area contributed by atoms with E-state index in [1.54, 1.807) is 0 Å². The molecule has 0 bridgehead atoms. The fourth-order valence-electron chi connectivity index (χ4n) is 3.20. The van der Waals surface area contributed by atoms with Crippen LogP contribution in [0, 0.1) is 33.8 Å². The number of hydrogen-bond donors (Lipinski definition) is 0. The molecule has 4 aromatic rings. The van der Waals surface area contributed by atoms with Crippen molar-refractivity contribution in [2.45, 2.75) is 27.7 Å². The predicted octanol–water partition coefficient (Wildman–Crippen LogP) is 6.16. The average Bonchev–Trinajstić information content (AvgIpc) is 2.75. The maximum atomic E-state index is 3.31. The zero-order chi connectivity index (χ0) is 20.6. The minimum Gasteiger partial charge on any atom is -0.177 e. The maximum Gasteiger partial charge on any atom is 1.00 e. The number of hydrogen-bond acceptors (Lipinski definition) is 0. The summed E-state index contributed by atoms with van der Waals surface area (Å²) in [5.41, 5.74) is 5.21. The zero-order valence-corrected chi connectivity index (χ0v) is 21.0. The van der Waals surface area contributed by atoms with Gasteiger partial charge in [-0.25, -0.2) is 0 Å². The largest absolute Gasteiger partial charge is 1.00 e. The summed E-state index contributed by atoms with van der Waals surface area (Å²) in [6, 6.07) is 37.8. The second-order valence-corrected chi connectivity index (χ2v) is 9.45. The minimum atomic E-state index is -0.446. The Morgan fingerprint density at radius 1 is 0.500 bits per heavy atom. The van der Waals surface area contributed by atoms with Crippen molar-refractivity contribution in [3.8, 4) is 0 Å². The van der Waals surface area contributed by atoms with Crippen LogP contribution in [0.3, 0.4) is 0 Å². The van der Waals surface area contributed by atoms with E-state index in [4.69, 9.17) is 0 Å². The van der Waals surface area contributed by atoms with E-state index in [0.29, 0.717) is 0 Å². The summed E-state index contributed by atoms with van der Waals surface area (Å²) in [5.74, 6) is 0. The quantitative estimate of drug-likeness (QED) is 0.152. The van der Waals surface area contributed by atoms with Crippen LogP contribution in [0.5, 0.6) is 0 Å². The molecule has 4 rings (SSSR count). The molecule has 0 aliphatic rings. The van der Waals surface area contributed by atoms with Gasteiger partial charge in [0.25, 0.3) is 0 Å². The Kier molecular flexibility index (Phi) is 9.76. The molecule has 4 aromatic carbocycles. The van der Waals surface area contributed by atoms with Gasteiger partial charge < -0.3 is 0 Å². The molecule has 2 heteroatoms. The van der Waals surface area contributed by atoms with Crippen molar-refractivity contribution >= 4 is 23.8 Å². The predicted molar refractivity (Wildman–Crippen MR) is 129 cm³/mol. The first kappa shape index (κ1) is 24.3. The van der Waals surface area contributed by atoms with Crippen molar-refractivity contribution in [1.29, 1.82) is 0 Å². The van der Waals surface area contributed by atoms with Crippen LogP contribution in [0.4, 0.5) is 0 Å². The number of rotatable bonds is 3. The van der Waals surface area contributed by atoms with Crippen molar-refractivity contribution in [3.63, 3.8) is 0 Å². The molecule has 0 nitrogen and oxygen atoms in total. The molecule has 0 spiro atoms. The Bertz CT molecular complexity index is 884. The molecule has 0 aromatic heterocycles. The summed E-state index contributed by atoms with van der Waals surface area (Å²) in [6.07, 6.45) is 0. The first-order valence-electron chi connectivity index (χ1n) is 9.98. The summed E-state index contributed by atoms with van der Waals surface area (Å²) in [6.45, 7) is 8.44. The Hall–Kier alpha value is -1.95. The van der Waals surface area contributed by atoms with Crippen molar-refractivity contribution in [2.75, 3.05) is 0 Å². The average molecular weight is 592 g/mol. The fraction of sp³-hybridized carbons (Fsp3) is 0.143. The summed E-state index contributed by atoms with van der Waals surface area (Å²) in [4.78, 5) is 0. The molecule has 0 atom stereocenters. The van der Waals surface area contributed by atoms with Crippen LogP contribution in [0.15, 0.2) is 97.1 Å². The molecule has 0 radical (unpaired) electrons.